The average Bonchev–Trinajstić information content (AvgIpc) is 3.43. The van der Waals surface area contributed by atoms with Crippen molar-refractivity contribution in [2.45, 2.75) is 18.8 Å². The molecular formula is C21H18N4. The quantitative estimate of drug-likeness (QED) is 0.601. The molecule has 0 aliphatic heterocycles. The molecule has 4 nitrogen and oxygen atoms in total. The van der Waals surface area contributed by atoms with Crippen molar-refractivity contribution in [3.63, 3.8) is 0 Å². The van der Waals surface area contributed by atoms with Crippen LogP contribution in [0.3, 0.4) is 0 Å². The third-order valence-corrected chi connectivity index (χ3v) is 4.79. The Morgan fingerprint density at radius 2 is 1.72 bits per heavy atom. The highest BCUT2D eigenvalue weighted by Crippen LogP contribution is 2.43. The summed E-state index contributed by atoms with van der Waals surface area (Å²) >= 11 is 0. The Morgan fingerprint density at radius 1 is 0.920 bits per heavy atom. The highest BCUT2D eigenvalue weighted by atomic mass is 15.3. The Bertz CT molecular complexity index is 1060. The van der Waals surface area contributed by atoms with Gasteiger partial charge in [0.05, 0.1) is 16.9 Å². The minimum absolute atomic E-state index is 0.535. The predicted molar refractivity (Wildman–Crippen MR) is 101 cm³/mol. The Kier molecular flexibility index (Phi) is 3.10. The SMILES string of the molecule is Nc1cc(-c2ccc3c(C4CC4)nn(-c4ccccc4)c3c2)ccn1. The smallest absolute Gasteiger partial charge is 0.123 e. The van der Waals surface area contributed by atoms with Gasteiger partial charge in [0, 0.05) is 17.5 Å². The summed E-state index contributed by atoms with van der Waals surface area (Å²) < 4.78 is 2.07. The number of pyridine rings is 1. The number of nitrogen functional groups attached to an aromatic ring is 1. The van der Waals surface area contributed by atoms with Crippen molar-refractivity contribution in [1.29, 1.82) is 0 Å². The fraction of sp³-hybridized carbons (Fsp3) is 0.143. The first-order valence-corrected chi connectivity index (χ1v) is 8.59. The number of hydrogen-bond donors (Lipinski definition) is 1. The zero-order valence-corrected chi connectivity index (χ0v) is 13.8. The van der Waals surface area contributed by atoms with Gasteiger partial charge < -0.3 is 5.73 Å². The third kappa shape index (κ3) is 2.47. The second kappa shape index (κ2) is 5.45. The van der Waals surface area contributed by atoms with Gasteiger partial charge in [-0.3, -0.25) is 0 Å². The van der Waals surface area contributed by atoms with E-state index in [4.69, 9.17) is 10.8 Å². The number of nitrogens with two attached hydrogens (primary N) is 1. The van der Waals surface area contributed by atoms with Gasteiger partial charge in [-0.1, -0.05) is 30.3 Å². The molecule has 1 fully saturated rings. The minimum Gasteiger partial charge on any atom is -0.384 e. The lowest BCUT2D eigenvalue weighted by atomic mass is 10.0. The highest BCUT2D eigenvalue weighted by Gasteiger charge is 2.29. The van der Waals surface area contributed by atoms with Crippen molar-refractivity contribution in [3.8, 4) is 16.8 Å². The van der Waals surface area contributed by atoms with E-state index < -0.39 is 0 Å². The Hall–Kier alpha value is -3.14. The van der Waals surface area contributed by atoms with Crippen LogP contribution in [0.4, 0.5) is 5.82 Å². The number of rotatable bonds is 3. The van der Waals surface area contributed by atoms with E-state index in [1.165, 1.54) is 23.9 Å². The normalized spacial score (nSPS) is 14.1. The van der Waals surface area contributed by atoms with E-state index in [0.717, 1.165) is 22.3 Å². The summed E-state index contributed by atoms with van der Waals surface area (Å²) in [4.78, 5) is 4.09. The molecule has 0 amide bonds. The van der Waals surface area contributed by atoms with Gasteiger partial charge in [-0.25, -0.2) is 9.67 Å². The monoisotopic (exact) mass is 326 g/mol. The minimum atomic E-state index is 0.535. The van der Waals surface area contributed by atoms with Crippen LogP contribution in [-0.4, -0.2) is 14.8 Å². The molecular weight excluding hydrogens is 308 g/mol. The maximum absolute atomic E-state index is 5.85. The maximum atomic E-state index is 5.85. The molecule has 0 spiro atoms. The van der Waals surface area contributed by atoms with E-state index in [-0.39, 0.29) is 0 Å². The van der Waals surface area contributed by atoms with E-state index in [2.05, 4.69) is 40.0 Å². The Labute approximate surface area is 145 Å². The molecule has 2 aromatic heterocycles. The third-order valence-electron chi connectivity index (χ3n) is 4.79. The molecule has 0 radical (unpaired) electrons. The van der Waals surface area contributed by atoms with E-state index in [0.29, 0.717) is 11.7 Å². The van der Waals surface area contributed by atoms with Crippen molar-refractivity contribution < 1.29 is 0 Å². The summed E-state index contributed by atoms with van der Waals surface area (Å²) in [6.07, 6.45) is 4.23. The lowest BCUT2D eigenvalue weighted by Gasteiger charge is -2.06. The second-order valence-corrected chi connectivity index (χ2v) is 6.61. The zero-order chi connectivity index (χ0) is 16.8. The first kappa shape index (κ1) is 14.2. The molecule has 122 valence electrons. The average molecular weight is 326 g/mol. The number of para-hydroxylation sites is 1. The molecule has 0 atom stereocenters. The summed E-state index contributed by atoms with van der Waals surface area (Å²) in [5, 5.41) is 6.20. The first-order valence-electron chi connectivity index (χ1n) is 8.59. The van der Waals surface area contributed by atoms with Crippen LogP contribution in [0, 0.1) is 0 Å². The van der Waals surface area contributed by atoms with E-state index in [1.807, 2.05) is 30.3 Å². The molecule has 0 saturated heterocycles. The van der Waals surface area contributed by atoms with E-state index >= 15 is 0 Å². The highest BCUT2D eigenvalue weighted by molar-refractivity contribution is 5.88. The molecule has 2 aromatic carbocycles. The number of aromatic nitrogens is 3. The van der Waals surface area contributed by atoms with Crippen molar-refractivity contribution in [2.75, 3.05) is 5.73 Å². The molecule has 4 aromatic rings. The van der Waals surface area contributed by atoms with Gasteiger partial charge in [0.25, 0.3) is 0 Å². The van der Waals surface area contributed by atoms with Gasteiger partial charge in [0.1, 0.15) is 5.82 Å². The molecule has 1 saturated carbocycles. The van der Waals surface area contributed by atoms with Gasteiger partial charge in [-0.15, -0.1) is 0 Å². The molecule has 4 heteroatoms. The number of benzene rings is 2. The Balaban J connectivity index is 1.74. The predicted octanol–water partition coefficient (Wildman–Crippen LogP) is 4.55. The summed E-state index contributed by atoms with van der Waals surface area (Å²) in [6, 6.07) is 20.8. The van der Waals surface area contributed by atoms with Gasteiger partial charge in [0.15, 0.2) is 0 Å². The van der Waals surface area contributed by atoms with Crippen molar-refractivity contribution in [3.05, 3.63) is 72.6 Å². The van der Waals surface area contributed by atoms with Gasteiger partial charge >= 0.3 is 0 Å². The van der Waals surface area contributed by atoms with Gasteiger partial charge in [-0.2, -0.15) is 5.10 Å². The van der Waals surface area contributed by atoms with Gasteiger partial charge in [0.2, 0.25) is 0 Å². The molecule has 25 heavy (non-hydrogen) atoms. The first-order chi connectivity index (χ1) is 12.3. The number of anilines is 1. The van der Waals surface area contributed by atoms with Crippen molar-refractivity contribution in [1.82, 2.24) is 14.8 Å². The zero-order valence-electron chi connectivity index (χ0n) is 13.8. The molecule has 2 N–H and O–H groups in total. The van der Waals surface area contributed by atoms with E-state index in [1.54, 1.807) is 6.20 Å². The maximum Gasteiger partial charge on any atom is 0.123 e. The Morgan fingerprint density at radius 3 is 2.48 bits per heavy atom. The number of fused-ring (bicyclic) bond motifs is 1. The number of nitrogens with zero attached hydrogens (tertiary/aromatic N) is 3. The van der Waals surface area contributed by atoms with E-state index in [9.17, 15) is 0 Å². The lowest BCUT2D eigenvalue weighted by molar-refractivity contribution is 0.858. The molecule has 2 heterocycles. The summed E-state index contributed by atoms with van der Waals surface area (Å²) in [5.74, 6) is 1.14. The lowest BCUT2D eigenvalue weighted by Crippen LogP contribution is -1.96. The van der Waals surface area contributed by atoms with Crippen LogP contribution in [0.1, 0.15) is 24.5 Å². The number of hydrogen-bond acceptors (Lipinski definition) is 3. The fourth-order valence-electron chi connectivity index (χ4n) is 3.37. The molecule has 1 aliphatic carbocycles. The van der Waals surface area contributed by atoms with Crippen molar-refractivity contribution in [2.24, 2.45) is 0 Å². The van der Waals surface area contributed by atoms with Crippen LogP contribution < -0.4 is 5.73 Å². The molecule has 0 unspecified atom stereocenters. The largest absolute Gasteiger partial charge is 0.384 e. The standard InChI is InChI=1S/C21H18N4/c22-20-13-16(10-11-23-20)15-8-9-18-19(12-15)25(17-4-2-1-3-5-17)24-21(18)14-6-7-14/h1-5,8-14H,6-7H2,(H2,22,23). The van der Waals surface area contributed by atoms with Crippen LogP contribution >= 0.6 is 0 Å². The second-order valence-electron chi connectivity index (χ2n) is 6.61. The molecule has 5 rings (SSSR count). The van der Waals surface area contributed by atoms with Gasteiger partial charge in [-0.05, 0) is 54.3 Å². The summed E-state index contributed by atoms with van der Waals surface area (Å²) in [7, 11) is 0. The summed E-state index contributed by atoms with van der Waals surface area (Å²) in [6.45, 7) is 0. The molecule has 0 bridgehead atoms. The van der Waals surface area contributed by atoms with Crippen LogP contribution in [-0.2, 0) is 0 Å². The van der Waals surface area contributed by atoms with Crippen LogP contribution in [0.2, 0.25) is 0 Å². The topological polar surface area (TPSA) is 56.7 Å². The van der Waals surface area contributed by atoms with Crippen LogP contribution in [0.5, 0.6) is 0 Å². The van der Waals surface area contributed by atoms with Crippen molar-refractivity contribution >= 4 is 16.7 Å². The molecule has 1 aliphatic rings. The van der Waals surface area contributed by atoms with Crippen LogP contribution in [0.15, 0.2) is 66.9 Å². The van der Waals surface area contributed by atoms with Crippen LogP contribution in [0.25, 0.3) is 27.7 Å². The summed E-state index contributed by atoms with van der Waals surface area (Å²) in [5.41, 5.74) is 11.5. The fourth-order valence-corrected chi connectivity index (χ4v) is 3.37.